The minimum absolute atomic E-state index is 0.0976. The van der Waals surface area contributed by atoms with Crippen molar-refractivity contribution in [3.8, 4) is 5.75 Å². The summed E-state index contributed by atoms with van der Waals surface area (Å²) in [6.07, 6.45) is 3.92. The van der Waals surface area contributed by atoms with Gasteiger partial charge in [0.25, 0.3) is 5.91 Å². The first kappa shape index (κ1) is 13.6. The van der Waals surface area contributed by atoms with Crippen LogP contribution in [0.4, 0.5) is 0 Å². The SMILES string of the molecule is C=CCOc1cccc(C(=O)NC[C@@H]2CCCO2)c1. The van der Waals surface area contributed by atoms with Gasteiger partial charge in [0.1, 0.15) is 12.4 Å². The van der Waals surface area contributed by atoms with E-state index in [1.165, 1.54) is 0 Å². The van der Waals surface area contributed by atoms with Crippen LogP contribution in [0.15, 0.2) is 36.9 Å². The van der Waals surface area contributed by atoms with Crippen molar-refractivity contribution in [2.24, 2.45) is 0 Å². The van der Waals surface area contributed by atoms with Gasteiger partial charge in [0, 0.05) is 18.7 Å². The summed E-state index contributed by atoms with van der Waals surface area (Å²) in [5, 5.41) is 2.88. The predicted octanol–water partition coefficient (Wildman–Crippen LogP) is 2.16. The van der Waals surface area contributed by atoms with Crippen LogP contribution in [-0.2, 0) is 4.74 Å². The Morgan fingerprint density at radius 2 is 2.47 bits per heavy atom. The average Bonchev–Trinajstić information content (AvgIpc) is 2.96. The normalized spacial score (nSPS) is 18.0. The molecule has 0 saturated carbocycles. The quantitative estimate of drug-likeness (QED) is 0.798. The molecule has 0 radical (unpaired) electrons. The Bertz CT molecular complexity index is 439. The third-order valence-electron chi connectivity index (χ3n) is 2.98. The van der Waals surface area contributed by atoms with Crippen LogP contribution in [-0.4, -0.2) is 31.8 Å². The first-order chi connectivity index (χ1) is 9.29. The number of amides is 1. The van der Waals surface area contributed by atoms with Gasteiger partial charge in [0.15, 0.2) is 0 Å². The van der Waals surface area contributed by atoms with Gasteiger partial charge in [-0.2, -0.15) is 0 Å². The first-order valence-corrected chi connectivity index (χ1v) is 6.53. The molecule has 1 saturated heterocycles. The Labute approximate surface area is 113 Å². The molecule has 1 aromatic carbocycles. The third kappa shape index (κ3) is 4.10. The van der Waals surface area contributed by atoms with Crippen molar-refractivity contribution in [1.29, 1.82) is 0 Å². The van der Waals surface area contributed by atoms with Crippen molar-refractivity contribution in [2.45, 2.75) is 18.9 Å². The standard InChI is InChI=1S/C15H19NO3/c1-2-8-18-13-6-3-5-12(10-13)15(17)16-11-14-7-4-9-19-14/h2-3,5-6,10,14H,1,4,7-9,11H2,(H,16,17)/t14-/m0/s1. The number of carbonyl (C=O) groups excluding carboxylic acids is 1. The predicted molar refractivity (Wildman–Crippen MR) is 73.4 cm³/mol. The Balaban J connectivity index is 1.88. The molecule has 0 unspecified atom stereocenters. The number of hydrogen-bond acceptors (Lipinski definition) is 3. The maximum Gasteiger partial charge on any atom is 0.251 e. The topological polar surface area (TPSA) is 47.6 Å². The summed E-state index contributed by atoms with van der Waals surface area (Å²) >= 11 is 0. The lowest BCUT2D eigenvalue weighted by Crippen LogP contribution is -2.31. The van der Waals surface area contributed by atoms with Gasteiger partial charge in [0.2, 0.25) is 0 Å². The average molecular weight is 261 g/mol. The van der Waals surface area contributed by atoms with Crippen LogP contribution >= 0.6 is 0 Å². The molecule has 0 bridgehead atoms. The first-order valence-electron chi connectivity index (χ1n) is 6.53. The number of hydrogen-bond donors (Lipinski definition) is 1. The molecular formula is C15H19NO3. The monoisotopic (exact) mass is 261 g/mol. The van der Waals surface area contributed by atoms with Crippen LogP contribution in [0.1, 0.15) is 23.2 Å². The molecule has 4 nitrogen and oxygen atoms in total. The second-order valence-corrected chi connectivity index (χ2v) is 4.47. The molecule has 1 fully saturated rings. The molecule has 19 heavy (non-hydrogen) atoms. The highest BCUT2D eigenvalue weighted by atomic mass is 16.5. The van der Waals surface area contributed by atoms with Crippen LogP contribution in [0, 0.1) is 0 Å². The largest absolute Gasteiger partial charge is 0.490 e. The van der Waals surface area contributed by atoms with Gasteiger partial charge in [-0.05, 0) is 31.0 Å². The number of carbonyl (C=O) groups is 1. The van der Waals surface area contributed by atoms with E-state index in [0.717, 1.165) is 19.4 Å². The minimum atomic E-state index is -0.0976. The molecular weight excluding hydrogens is 242 g/mol. The zero-order valence-corrected chi connectivity index (χ0v) is 10.9. The van der Waals surface area contributed by atoms with Gasteiger partial charge >= 0.3 is 0 Å². The van der Waals surface area contributed by atoms with E-state index >= 15 is 0 Å². The maximum absolute atomic E-state index is 12.0. The fourth-order valence-corrected chi connectivity index (χ4v) is 2.00. The van der Waals surface area contributed by atoms with Crippen LogP contribution in [0.3, 0.4) is 0 Å². The molecule has 1 amide bonds. The molecule has 0 aromatic heterocycles. The summed E-state index contributed by atoms with van der Waals surface area (Å²) in [5.41, 5.74) is 0.597. The third-order valence-corrected chi connectivity index (χ3v) is 2.98. The van der Waals surface area contributed by atoms with Crippen LogP contribution < -0.4 is 10.1 Å². The van der Waals surface area contributed by atoms with Crippen LogP contribution in [0.25, 0.3) is 0 Å². The highest BCUT2D eigenvalue weighted by Gasteiger charge is 2.16. The second-order valence-electron chi connectivity index (χ2n) is 4.47. The molecule has 4 heteroatoms. The Hall–Kier alpha value is -1.81. The summed E-state index contributed by atoms with van der Waals surface area (Å²) in [6, 6.07) is 7.12. The van der Waals surface area contributed by atoms with E-state index in [2.05, 4.69) is 11.9 Å². The second kappa shape index (κ2) is 6.95. The summed E-state index contributed by atoms with van der Waals surface area (Å²) < 4.78 is 10.9. The smallest absolute Gasteiger partial charge is 0.251 e. The molecule has 1 aliphatic heterocycles. The van der Waals surface area contributed by atoms with Crippen molar-refractivity contribution in [3.05, 3.63) is 42.5 Å². The molecule has 1 heterocycles. The molecule has 2 rings (SSSR count). The Kier molecular flexibility index (Phi) is 4.98. The van der Waals surface area contributed by atoms with E-state index in [0.29, 0.717) is 24.5 Å². The van der Waals surface area contributed by atoms with Gasteiger partial charge in [-0.3, -0.25) is 4.79 Å². The molecule has 1 N–H and O–H groups in total. The van der Waals surface area contributed by atoms with Crippen molar-refractivity contribution < 1.29 is 14.3 Å². The minimum Gasteiger partial charge on any atom is -0.490 e. The van der Waals surface area contributed by atoms with Gasteiger partial charge in [-0.25, -0.2) is 0 Å². The van der Waals surface area contributed by atoms with Crippen molar-refractivity contribution >= 4 is 5.91 Å². The fourth-order valence-electron chi connectivity index (χ4n) is 2.00. The zero-order chi connectivity index (χ0) is 13.5. The van der Waals surface area contributed by atoms with E-state index < -0.39 is 0 Å². The van der Waals surface area contributed by atoms with Crippen molar-refractivity contribution in [2.75, 3.05) is 19.8 Å². The summed E-state index contributed by atoms with van der Waals surface area (Å²) in [4.78, 5) is 12.0. The summed E-state index contributed by atoms with van der Waals surface area (Å²) in [7, 11) is 0. The molecule has 1 aliphatic rings. The van der Waals surface area contributed by atoms with E-state index in [1.807, 2.05) is 6.07 Å². The molecule has 0 aliphatic carbocycles. The lowest BCUT2D eigenvalue weighted by atomic mass is 10.2. The van der Waals surface area contributed by atoms with Crippen molar-refractivity contribution in [3.63, 3.8) is 0 Å². The number of nitrogens with one attached hydrogen (secondary N) is 1. The number of rotatable bonds is 6. The maximum atomic E-state index is 12.0. The van der Waals surface area contributed by atoms with Crippen LogP contribution in [0.2, 0.25) is 0 Å². The van der Waals surface area contributed by atoms with Crippen molar-refractivity contribution in [1.82, 2.24) is 5.32 Å². The molecule has 102 valence electrons. The van der Waals surface area contributed by atoms with Gasteiger partial charge in [-0.15, -0.1) is 0 Å². The lowest BCUT2D eigenvalue weighted by molar-refractivity contribution is 0.0857. The molecule has 1 aromatic rings. The van der Waals surface area contributed by atoms with E-state index in [1.54, 1.807) is 24.3 Å². The number of ether oxygens (including phenoxy) is 2. The fraction of sp³-hybridized carbons (Fsp3) is 0.400. The zero-order valence-electron chi connectivity index (χ0n) is 10.9. The molecule has 0 spiro atoms. The Morgan fingerprint density at radius 3 is 3.21 bits per heavy atom. The van der Waals surface area contributed by atoms with E-state index in [4.69, 9.17) is 9.47 Å². The van der Waals surface area contributed by atoms with Gasteiger partial charge in [-0.1, -0.05) is 18.7 Å². The summed E-state index contributed by atoms with van der Waals surface area (Å²) in [6.45, 7) is 5.38. The highest BCUT2D eigenvalue weighted by molar-refractivity contribution is 5.94. The van der Waals surface area contributed by atoms with Crippen LogP contribution in [0.5, 0.6) is 5.75 Å². The van der Waals surface area contributed by atoms with Gasteiger partial charge in [0.05, 0.1) is 6.10 Å². The van der Waals surface area contributed by atoms with Gasteiger partial charge < -0.3 is 14.8 Å². The van der Waals surface area contributed by atoms with E-state index in [-0.39, 0.29) is 12.0 Å². The highest BCUT2D eigenvalue weighted by Crippen LogP contribution is 2.14. The van der Waals surface area contributed by atoms with E-state index in [9.17, 15) is 4.79 Å². The Morgan fingerprint density at radius 1 is 1.58 bits per heavy atom. The summed E-state index contributed by atoms with van der Waals surface area (Å²) in [5.74, 6) is 0.573. The number of benzene rings is 1. The molecule has 1 atom stereocenters. The lowest BCUT2D eigenvalue weighted by Gasteiger charge is -2.11.